The zero-order valence-electron chi connectivity index (χ0n) is 8.45. The van der Waals surface area contributed by atoms with Crippen LogP contribution in [0.2, 0.25) is 0 Å². The van der Waals surface area contributed by atoms with E-state index >= 15 is 0 Å². The highest BCUT2D eigenvalue weighted by Gasteiger charge is 1.91. The molecule has 3 heteroatoms. The van der Waals surface area contributed by atoms with E-state index in [9.17, 15) is 4.79 Å². The van der Waals surface area contributed by atoms with Gasteiger partial charge in [-0.15, -0.1) is 0 Å². The maximum Gasteiger partial charge on any atom is 0.217 e. The van der Waals surface area contributed by atoms with Gasteiger partial charge in [0.25, 0.3) is 0 Å². The van der Waals surface area contributed by atoms with Crippen LogP contribution in [0.4, 0.5) is 0 Å². The average Bonchev–Trinajstić information content (AvgIpc) is 2.15. The molecule has 0 bridgehead atoms. The van der Waals surface area contributed by atoms with E-state index in [-0.39, 0.29) is 5.91 Å². The summed E-state index contributed by atoms with van der Waals surface area (Å²) >= 11 is 0. The monoisotopic (exact) mass is 190 g/mol. The molecule has 0 fully saturated rings. The summed E-state index contributed by atoms with van der Waals surface area (Å²) in [4.78, 5) is 14.6. The lowest BCUT2D eigenvalue weighted by Crippen LogP contribution is -2.19. The topological polar surface area (TPSA) is 42.0 Å². The number of nitrogens with zero attached hydrogens (tertiary/aromatic N) is 1. The van der Waals surface area contributed by atoms with E-state index in [0.29, 0.717) is 6.54 Å². The molecular formula is C11H14N2O. The Morgan fingerprint density at radius 2 is 2.43 bits per heavy atom. The van der Waals surface area contributed by atoms with E-state index in [4.69, 9.17) is 0 Å². The average molecular weight is 190 g/mol. The summed E-state index contributed by atoms with van der Waals surface area (Å²) in [5, 5.41) is 2.69. The Labute approximate surface area is 83.9 Å². The van der Waals surface area contributed by atoms with Crippen molar-refractivity contribution in [2.75, 3.05) is 6.54 Å². The molecule has 74 valence electrons. The number of rotatable bonds is 3. The zero-order valence-corrected chi connectivity index (χ0v) is 8.45. The maximum atomic E-state index is 10.6. The summed E-state index contributed by atoms with van der Waals surface area (Å²) in [6, 6.07) is 1.94. The largest absolute Gasteiger partial charge is 0.353 e. The van der Waals surface area contributed by atoms with Crippen molar-refractivity contribution in [2.45, 2.75) is 13.8 Å². The van der Waals surface area contributed by atoms with Gasteiger partial charge in [0, 0.05) is 25.9 Å². The van der Waals surface area contributed by atoms with Gasteiger partial charge >= 0.3 is 0 Å². The van der Waals surface area contributed by atoms with Crippen molar-refractivity contribution in [2.24, 2.45) is 0 Å². The van der Waals surface area contributed by atoms with Crippen LogP contribution >= 0.6 is 0 Å². The Kier molecular flexibility index (Phi) is 3.85. The van der Waals surface area contributed by atoms with Gasteiger partial charge in [-0.3, -0.25) is 9.78 Å². The van der Waals surface area contributed by atoms with Gasteiger partial charge in [0.05, 0.1) is 0 Å². The Hall–Kier alpha value is -1.64. The summed E-state index contributed by atoms with van der Waals surface area (Å²) in [6.45, 7) is 4.08. The first kappa shape index (κ1) is 10.4. The molecule has 14 heavy (non-hydrogen) atoms. The second kappa shape index (κ2) is 5.17. The van der Waals surface area contributed by atoms with Gasteiger partial charge in [0.2, 0.25) is 5.91 Å². The summed E-state index contributed by atoms with van der Waals surface area (Å²) in [5.74, 6) is -0.0129. The van der Waals surface area contributed by atoms with Crippen molar-refractivity contribution in [3.8, 4) is 0 Å². The zero-order chi connectivity index (χ0) is 10.4. The van der Waals surface area contributed by atoms with Crippen LogP contribution in [0.5, 0.6) is 0 Å². The second-order valence-corrected chi connectivity index (χ2v) is 3.07. The van der Waals surface area contributed by atoms with Gasteiger partial charge in [-0.25, -0.2) is 0 Å². The third-order valence-corrected chi connectivity index (χ3v) is 1.83. The number of aromatic nitrogens is 1. The number of carbonyl (C=O) groups excluding carboxylic acids is 1. The molecule has 0 saturated heterocycles. The molecule has 0 aliphatic carbocycles. The van der Waals surface area contributed by atoms with Crippen LogP contribution in [0.1, 0.15) is 18.1 Å². The second-order valence-electron chi connectivity index (χ2n) is 3.07. The molecule has 0 aliphatic heterocycles. The normalized spacial score (nSPS) is 10.4. The van der Waals surface area contributed by atoms with E-state index in [1.165, 1.54) is 6.92 Å². The predicted octanol–water partition coefficient (Wildman–Crippen LogP) is 1.54. The first-order valence-electron chi connectivity index (χ1n) is 4.52. The van der Waals surface area contributed by atoms with Gasteiger partial charge in [0.15, 0.2) is 0 Å². The van der Waals surface area contributed by atoms with E-state index in [2.05, 4.69) is 10.3 Å². The third kappa shape index (κ3) is 3.39. The fourth-order valence-corrected chi connectivity index (χ4v) is 1.06. The molecule has 0 saturated carbocycles. The molecule has 0 aliphatic rings. The lowest BCUT2D eigenvalue weighted by molar-refractivity contribution is -0.118. The number of aryl methyl sites for hydroxylation is 1. The molecule has 1 rings (SSSR count). The van der Waals surface area contributed by atoms with Crippen LogP contribution < -0.4 is 5.32 Å². The van der Waals surface area contributed by atoms with Gasteiger partial charge in [-0.05, 0) is 24.1 Å². The van der Waals surface area contributed by atoms with Crippen molar-refractivity contribution in [1.29, 1.82) is 0 Å². The fraction of sp³-hybridized carbons (Fsp3) is 0.273. The fourth-order valence-electron chi connectivity index (χ4n) is 1.06. The van der Waals surface area contributed by atoms with Crippen molar-refractivity contribution in [3.05, 3.63) is 35.7 Å². The molecule has 1 amide bonds. The molecule has 1 heterocycles. The molecular weight excluding hydrogens is 176 g/mol. The van der Waals surface area contributed by atoms with Crippen LogP contribution in [0.15, 0.2) is 24.5 Å². The number of carbonyl (C=O) groups is 1. The smallest absolute Gasteiger partial charge is 0.217 e. The summed E-state index contributed by atoms with van der Waals surface area (Å²) in [5.41, 5.74) is 2.26. The number of hydrogen-bond donors (Lipinski definition) is 1. The number of amides is 1. The minimum Gasteiger partial charge on any atom is -0.353 e. The minimum atomic E-state index is -0.0129. The summed E-state index contributed by atoms with van der Waals surface area (Å²) in [6.07, 6.45) is 7.47. The summed E-state index contributed by atoms with van der Waals surface area (Å²) < 4.78 is 0. The van der Waals surface area contributed by atoms with Gasteiger partial charge < -0.3 is 5.32 Å². The van der Waals surface area contributed by atoms with E-state index in [1.807, 2.05) is 31.3 Å². The Morgan fingerprint density at radius 1 is 1.64 bits per heavy atom. The lowest BCUT2D eigenvalue weighted by atomic mass is 10.1. The first-order valence-corrected chi connectivity index (χ1v) is 4.52. The molecule has 0 atom stereocenters. The standard InChI is InChI=1S/C11H14N2O/c1-9-8-12-7-5-11(9)4-3-6-13-10(2)14/h3-5,7-8H,6H2,1-2H3,(H,13,14). The van der Waals surface area contributed by atoms with Crippen LogP contribution in [-0.4, -0.2) is 17.4 Å². The molecule has 1 N–H and O–H groups in total. The lowest BCUT2D eigenvalue weighted by Gasteiger charge is -1.98. The van der Waals surface area contributed by atoms with Crippen molar-refractivity contribution in [1.82, 2.24) is 10.3 Å². The SMILES string of the molecule is CC(=O)NCC=Cc1ccncc1C. The van der Waals surface area contributed by atoms with Crippen molar-refractivity contribution >= 4 is 12.0 Å². The summed E-state index contributed by atoms with van der Waals surface area (Å²) in [7, 11) is 0. The van der Waals surface area contributed by atoms with E-state index < -0.39 is 0 Å². The molecule has 3 nitrogen and oxygen atoms in total. The molecule has 1 aromatic heterocycles. The van der Waals surface area contributed by atoms with Gasteiger partial charge in [-0.2, -0.15) is 0 Å². The van der Waals surface area contributed by atoms with E-state index in [0.717, 1.165) is 11.1 Å². The van der Waals surface area contributed by atoms with Gasteiger partial charge in [0.1, 0.15) is 0 Å². The highest BCUT2D eigenvalue weighted by Crippen LogP contribution is 2.06. The molecule has 0 spiro atoms. The van der Waals surface area contributed by atoms with Crippen LogP contribution in [0, 0.1) is 6.92 Å². The quantitative estimate of drug-likeness (QED) is 0.785. The number of nitrogens with one attached hydrogen (secondary N) is 1. The number of pyridine rings is 1. The first-order chi connectivity index (χ1) is 6.70. The molecule has 0 radical (unpaired) electrons. The van der Waals surface area contributed by atoms with Crippen LogP contribution in [-0.2, 0) is 4.79 Å². The maximum absolute atomic E-state index is 10.6. The van der Waals surface area contributed by atoms with Crippen molar-refractivity contribution < 1.29 is 4.79 Å². The Morgan fingerprint density at radius 3 is 3.07 bits per heavy atom. The third-order valence-electron chi connectivity index (χ3n) is 1.83. The molecule has 0 unspecified atom stereocenters. The highest BCUT2D eigenvalue weighted by atomic mass is 16.1. The van der Waals surface area contributed by atoms with Crippen molar-refractivity contribution in [3.63, 3.8) is 0 Å². The van der Waals surface area contributed by atoms with Crippen LogP contribution in [0.25, 0.3) is 6.08 Å². The predicted molar refractivity (Wildman–Crippen MR) is 56.7 cm³/mol. The molecule has 0 aromatic carbocycles. The number of hydrogen-bond acceptors (Lipinski definition) is 2. The minimum absolute atomic E-state index is 0.0129. The Bertz CT molecular complexity index is 345. The molecule has 1 aromatic rings. The highest BCUT2D eigenvalue weighted by molar-refractivity contribution is 5.73. The Balaban J connectivity index is 2.52. The van der Waals surface area contributed by atoms with Gasteiger partial charge in [-0.1, -0.05) is 12.2 Å². The van der Waals surface area contributed by atoms with E-state index in [1.54, 1.807) is 6.20 Å². The van der Waals surface area contributed by atoms with Crippen LogP contribution in [0.3, 0.4) is 0 Å².